The first-order valence-electron chi connectivity index (χ1n) is 17.2. The van der Waals surface area contributed by atoms with E-state index in [-0.39, 0.29) is 0 Å². The summed E-state index contributed by atoms with van der Waals surface area (Å²) in [5, 5.41) is 0. The molecule has 4 fully saturated rings. The Hall–Kier alpha value is -1.18. The van der Waals surface area contributed by atoms with Gasteiger partial charge in [-0.05, 0) is 141 Å². The van der Waals surface area contributed by atoms with E-state index in [2.05, 4.69) is 59.7 Å². The normalized spacial score (nSPS) is 38.6. The van der Waals surface area contributed by atoms with Gasteiger partial charge in [0.25, 0.3) is 0 Å². The fourth-order valence-corrected chi connectivity index (χ4v) is 10.8. The molecule has 0 spiro atoms. The lowest BCUT2D eigenvalue weighted by Gasteiger charge is -2.61. The number of hydrogen-bond acceptors (Lipinski definition) is 2. The molecule has 39 heavy (non-hydrogen) atoms. The van der Waals surface area contributed by atoms with E-state index in [4.69, 9.17) is 10.5 Å². The van der Waals surface area contributed by atoms with E-state index in [9.17, 15) is 0 Å². The van der Waals surface area contributed by atoms with E-state index in [0.29, 0.717) is 16.9 Å². The molecule has 4 aliphatic carbocycles. The van der Waals surface area contributed by atoms with Crippen molar-refractivity contribution in [2.24, 2.45) is 52.3 Å². The Kier molecular flexibility index (Phi) is 9.00. The Morgan fingerprint density at radius 2 is 1.67 bits per heavy atom. The molecule has 1 aromatic rings. The molecule has 5 rings (SSSR count). The number of benzene rings is 1. The van der Waals surface area contributed by atoms with Crippen molar-refractivity contribution in [1.29, 1.82) is 0 Å². The van der Waals surface area contributed by atoms with Crippen LogP contribution in [0.4, 0.5) is 5.69 Å². The van der Waals surface area contributed by atoms with Crippen LogP contribution in [0.1, 0.15) is 137 Å². The van der Waals surface area contributed by atoms with Crippen LogP contribution < -0.4 is 10.5 Å². The highest BCUT2D eigenvalue weighted by Crippen LogP contribution is 2.68. The van der Waals surface area contributed by atoms with Crippen molar-refractivity contribution in [2.45, 2.75) is 144 Å². The predicted molar refractivity (Wildman–Crippen MR) is 167 cm³/mol. The summed E-state index contributed by atoms with van der Waals surface area (Å²) in [5.41, 5.74) is 9.76. The van der Waals surface area contributed by atoms with Crippen molar-refractivity contribution in [3.8, 4) is 5.75 Å². The average molecular weight is 536 g/mol. The number of nitrogens with two attached hydrogens (primary N) is 1. The Morgan fingerprint density at radius 1 is 0.897 bits per heavy atom. The minimum absolute atomic E-state index is 0.333. The van der Waals surface area contributed by atoms with Crippen LogP contribution in [0.2, 0.25) is 0 Å². The fraction of sp³-hybridized carbons (Fsp3) is 0.838. The van der Waals surface area contributed by atoms with Gasteiger partial charge in [-0.1, -0.05) is 73.3 Å². The van der Waals surface area contributed by atoms with E-state index < -0.39 is 0 Å². The number of anilines is 1. The van der Waals surface area contributed by atoms with E-state index in [0.717, 1.165) is 59.3 Å². The Morgan fingerprint density at radius 3 is 2.41 bits per heavy atom. The number of rotatable bonds is 10. The molecule has 0 saturated heterocycles. The molecule has 2 heteroatoms. The van der Waals surface area contributed by atoms with Gasteiger partial charge in [-0.25, -0.2) is 0 Å². The number of hydrogen-bond donors (Lipinski definition) is 1. The number of nitrogen functional groups attached to an aromatic ring is 1. The summed E-state index contributed by atoms with van der Waals surface area (Å²) >= 11 is 0. The molecule has 2 nitrogen and oxygen atoms in total. The van der Waals surface area contributed by atoms with Crippen LogP contribution in [0.3, 0.4) is 0 Å². The Balaban J connectivity index is 1.21. The fourth-order valence-electron chi connectivity index (χ4n) is 10.8. The third kappa shape index (κ3) is 5.79. The zero-order valence-corrected chi connectivity index (χ0v) is 26.4. The molecular weight excluding hydrogens is 474 g/mol. The van der Waals surface area contributed by atoms with Gasteiger partial charge in [-0.2, -0.15) is 0 Å². The lowest BCUT2D eigenvalue weighted by Crippen LogP contribution is -2.54. The van der Waals surface area contributed by atoms with Gasteiger partial charge in [-0.15, -0.1) is 0 Å². The van der Waals surface area contributed by atoms with Crippen LogP contribution >= 0.6 is 0 Å². The maximum atomic E-state index is 6.62. The molecule has 0 aliphatic heterocycles. The predicted octanol–water partition coefficient (Wildman–Crippen LogP) is 10.5. The first kappa shape index (κ1) is 29.3. The molecule has 220 valence electrons. The van der Waals surface area contributed by atoms with Crippen molar-refractivity contribution >= 4 is 5.69 Å². The second-order valence-electron chi connectivity index (χ2n) is 15.7. The molecule has 8 unspecified atom stereocenters. The summed E-state index contributed by atoms with van der Waals surface area (Å²) in [7, 11) is 0. The summed E-state index contributed by atoms with van der Waals surface area (Å²) in [4.78, 5) is 0. The minimum atomic E-state index is 0.333. The van der Waals surface area contributed by atoms with Crippen LogP contribution in [0.5, 0.6) is 5.75 Å². The van der Waals surface area contributed by atoms with Gasteiger partial charge in [0.05, 0.1) is 11.8 Å². The Bertz CT molecular complexity index is 955. The van der Waals surface area contributed by atoms with Gasteiger partial charge in [0.2, 0.25) is 0 Å². The van der Waals surface area contributed by atoms with Crippen molar-refractivity contribution in [1.82, 2.24) is 0 Å². The number of unbranched alkanes of at least 4 members (excludes halogenated alkanes) is 1. The summed E-state index contributed by atoms with van der Waals surface area (Å²) in [6.07, 6.45) is 20.8. The second kappa shape index (κ2) is 12.0. The standard InChI is InChI=1S/C37H61NO/c1-7-8-12-27-13-18-35(34(38)23-27)39-29-19-21-36(5)28(24-29)14-15-30-32-17-16-31(26(4)11-9-10-25(2)3)37(32,6)22-20-33(30)36/h13,18,23,25-26,28-33H,7-12,14-17,19-22,24,38H2,1-6H3/t26?,28?,29?,30?,31?,32?,33-,36?,37?/m0/s1. The van der Waals surface area contributed by atoms with Crippen molar-refractivity contribution in [2.75, 3.05) is 5.73 Å². The van der Waals surface area contributed by atoms with Gasteiger partial charge in [0, 0.05) is 0 Å². The average Bonchev–Trinajstić information content (AvgIpc) is 3.26. The Labute approximate surface area is 241 Å². The van der Waals surface area contributed by atoms with Crippen LogP contribution in [0, 0.1) is 52.3 Å². The lowest BCUT2D eigenvalue weighted by atomic mass is 9.44. The SMILES string of the molecule is CCCCc1ccc(OC2CCC3(C)C(CCC4C5CCC(C(C)CCCC(C)C)C5(C)CC[C@@H]43)C2)c(N)c1. The molecule has 2 N–H and O–H groups in total. The first-order chi connectivity index (χ1) is 18.7. The molecule has 0 radical (unpaired) electrons. The summed E-state index contributed by atoms with van der Waals surface area (Å²) in [6, 6.07) is 6.54. The summed E-state index contributed by atoms with van der Waals surface area (Å²) in [5.74, 6) is 7.35. The molecular formula is C37H61NO. The number of aryl methyl sites for hydroxylation is 1. The van der Waals surface area contributed by atoms with Gasteiger partial charge in [0.1, 0.15) is 5.75 Å². The highest BCUT2D eigenvalue weighted by atomic mass is 16.5. The quantitative estimate of drug-likeness (QED) is 0.302. The molecule has 0 aromatic heterocycles. The third-order valence-electron chi connectivity index (χ3n) is 13.0. The minimum Gasteiger partial charge on any atom is -0.488 e. The summed E-state index contributed by atoms with van der Waals surface area (Å²) in [6.45, 7) is 15.1. The van der Waals surface area contributed by atoms with E-state index in [1.54, 1.807) is 0 Å². The van der Waals surface area contributed by atoms with Gasteiger partial charge < -0.3 is 10.5 Å². The monoisotopic (exact) mass is 535 g/mol. The third-order valence-corrected chi connectivity index (χ3v) is 13.0. The molecule has 0 amide bonds. The molecule has 0 heterocycles. The molecule has 1 aromatic carbocycles. The van der Waals surface area contributed by atoms with Crippen molar-refractivity contribution < 1.29 is 4.74 Å². The maximum absolute atomic E-state index is 6.62. The molecule has 4 saturated carbocycles. The second-order valence-corrected chi connectivity index (χ2v) is 15.7. The highest BCUT2D eigenvalue weighted by Gasteiger charge is 2.60. The van der Waals surface area contributed by atoms with Crippen LogP contribution in [-0.4, -0.2) is 6.10 Å². The van der Waals surface area contributed by atoms with E-state index >= 15 is 0 Å². The van der Waals surface area contributed by atoms with Crippen molar-refractivity contribution in [3.63, 3.8) is 0 Å². The zero-order valence-electron chi connectivity index (χ0n) is 26.4. The smallest absolute Gasteiger partial charge is 0.142 e. The molecule has 4 aliphatic rings. The van der Waals surface area contributed by atoms with Crippen LogP contribution in [0.15, 0.2) is 18.2 Å². The summed E-state index contributed by atoms with van der Waals surface area (Å²) < 4.78 is 6.62. The van der Waals surface area contributed by atoms with E-state index in [1.807, 2.05) is 0 Å². The molecule has 9 atom stereocenters. The van der Waals surface area contributed by atoms with Gasteiger partial charge >= 0.3 is 0 Å². The van der Waals surface area contributed by atoms with Crippen LogP contribution in [0.25, 0.3) is 0 Å². The first-order valence-corrected chi connectivity index (χ1v) is 17.2. The lowest BCUT2D eigenvalue weighted by molar-refractivity contribution is -0.126. The largest absolute Gasteiger partial charge is 0.488 e. The van der Waals surface area contributed by atoms with Crippen LogP contribution in [-0.2, 0) is 6.42 Å². The van der Waals surface area contributed by atoms with E-state index in [1.165, 1.54) is 95.5 Å². The maximum Gasteiger partial charge on any atom is 0.142 e. The number of fused-ring (bicyclic) bond motifs is 5. The van der Waals surface area contributed by atoms with Gasteiger partial charge in [0.15, 0.2) is 0 Å². The topological polar surface area (TPSA) is 35.2 Å². The highest BCUT2D eigenvalue weighted by molar-refractivity contribution is 5.54. The zero-order chi connectivity index (χ0) is 27.8. The van der Waals surface area contributed by atoms with Gasteiger partial charge in [-0.3, -0.25) is 0 Å². The van der Waals surface area contributed by atoms with Crippen molar-refractivity contribution in [3.05, 3.63) is 23.8 Å². The number of ether oxygens (including phenoxy) is 1. The molecule has 0 bridgehead atoms.